The molecule has 3 aliphatic rings. The minimum atomic E-state index is -0.428. The normalized spacial score (nSPS) is 21.3. The summed E-state index contributed by atoms with van der Waals surface area (Å²) in [5.41, 5.74) is 4.32. The molecule has 2 aliphatic carbocycles. The summed E-state index contributed by atoms with van der Waals surface area (Å²) in [5.74, 6) is 1.51. The van der Waals surface area contributed by atoms with Crippen LogP contribution in [0.15, 0.2) is 71.2 Å². The first kappa shape index (κ1) is 22.9. The molecule has 0 saturated heterocycles. The maximum Gasteiger partial charge on any atom is 0.231 e. The van der Waals surface area contributed by atoms with Crippen LogP contribution in [0.2, 0.25) is 0 Å². The Morgan fingerprint density at radius 2 is 1.81 bits per heavy atom. The van der Waals surface area contributed by atoms with Crippen molar-refractivity contribution in [3.05, 3.63) is 81.7 Å². The van der Waals surface area contributed by atoms with E-state index < -0.39 is 6.04 Å². The number of benzene rings is 2. The maximum atomic E-state index is 14.0. The number of carbonyl (C=O) groups excluding carboxylic acids is 2. The van der Waals surface area contributed by atoms with Crippen LogP contribution in [-0.2, 0) is 9.59 Å². The first-order valence-electron chi connectivity index (χ1n) is 12.3. The number of rotatable bonds is 5. The van der Waals surface area contributed by atoms with Gasteiger partial charge in [-0.05, 0) is 66.5 Å². The van der Waals surface area contributed by atoms with Crippen molar-refractivity contribution in [2.45, 2.75) is 37.6 Å². The third-order valence-corrected chi connectivity index (χ3v) is 8.27. The summed E-state index contributed by atoms with van der Waals surface area (Å²) in [6.45, 7) is 0. The van der Waals surface area contributed by atoms with E-state index >= 15 is 0 Å². The van der Waals surface area contributed by atoms with Crippen molar-refractivity contribution >= 4 is 34.4 Å². The zero-order valence-electron chi connectivity index (χ0n) is 20.3. The van der Waals surface area contributed by atoms with Gasteiger partial charge in [-0.2, -0.15) is 0 Å². The molecule has 6 rings (SSSR count). The summed E-state index contributed by atoms with van der Waals surface area (Å²) in [5, 5.41) is 5.61. The predicted octanol–water partition coefficient (Wildman–Crippen LogP) is 6.08. The molecule has 3 aromatic rings. The number of nitrogens with zero attached hydrogens (tertiary/aromatic N) is 1. The second kappa shape index (κ2) is 9.13. The Hall–Kier alpha value is -3.58. The molecule has 36 heavy (non-hydrogen) atoms. The monoisotopic (exact) mass is 500 g/mol. The highest BCUT2D eigenvalue weighted by molar-refractivity contribution is 7.10. The standard InChI is InChI=1S/C29H28N2O4S/c1-34-24-12-11-18(16-25(24)35-2)19-14-21-27(23(32)15-19)28(26-8-5-13-36-26)31(29(33)17-9-10-17)22-7-4-3-6-20(22)30-21/h3-8,11-13,16-17,19,28,30H,9-10,14-15H2,1-2H3/t19-,28+/m0/s1. The molecule has 0 bridgehead atoms. The molecule has 1 amide bonds. The number of allylic oxidation sites excluding steroid dienone is 1. The Balaban J connectivity index is 1.48. The molecule has 184 valence electrons. The van der Waals surface area contributed by atoms with Gasteiger partial charge in [0, 0.05) is 28.5 Å². The fraction of sp³-hybridized carbons (Fsp3) is 0.310. The molecule has 1 saturated carbocycles. The summed E-state index contributed by atoms with van der Waals surface area (Å²) < 4.78 is 10.9. The summed E-state index contributed by atoms with van der Waals surface area (Å²) in [7, 11) is 3.24. The van der Waals surface area contributed by atoms with E-state index in [9.17, 15) is 9.59 Å². The first-order chi connectivity index (χ1) is 17.6. The fourth-order valence-corrected chi connectivity index (χ4v) is 6.24. The number of hydrogen-bond acceptors (Lipinski definition) is 6. The zero-order valence-corrected chi connectivity index (χ0v) is 21.1. The van der Waals surface area contributed by atoms with Crippen molar-refractivity contribution in [1.82, 2.24) is 0 Å². The van der Waals surface area contributed by atoms with Crippen molar-refractivity contribution in [3.8, 4) is 11.5 Å². The van der Waals surface area contributed by atoms with Crippen LogP contribution in [-0.4, -0.2) is 25.9 Å². The van der Waals surface area contributed by atoms with Gasteiger partial charge < -0.3 is 14.8 Å². The van der Waals surface area contributed by atoms with Gasteiger partial charge in [0.2, 0.25) is 5.91 Å². The summed E-state index contributed by atoms with van der Waals surface area (Å²) >= 11 is 1.59. The number of Topliss-reactive ketones (excluding diaryl/α,β-unsaturated/α-hetero) is 1. The van der Waals surface area contributed by atoms with E-state index in [0.717, 1.165) is 40.4 Å². The highest BCUT2D eigenvalue weighted by Gasteiger charge is 2.45. The van der Waals surface area contributed by atoms with Gasteiger partial charge in [0.15, 0.2) is 17.3 Å². The van der Waals surface area contributed by atoms with Crippen LogP contribution < -0.4 is 19.7 Å². The number of carbonyl (C=O) groups is 2. The maximum absolute atomic E-state index is 14.0. The Bertz CT molecular complexity index is 1360. The number of ether oxygens (including phenoxy) is 2. The van der Waals surface area contributed by atoms with E-state index in [-0.39, 0.29) is 23.5 Å². The lowest BCUT2D eigenvalue weighted by Gasteiger charge is -2.34. The van der Waals surface area contributed by atoms with Crippen molar-refractivity contribution in [2.75, 3.05) is 24.4 Å². The van der Waals surface area contributed by atoms with Crippen molar-refractivity contribution in [3.63, 3.8) is 0 Å². The van der Waals surface area contributed by atoms with Crippen LogP contribution in [0, 0.1) is 5.92 Å². The average Bonchev–Trinajstić information content (AvgIpc) is 3.64. The highest BCUT2D eigenvalue weighted by Crippen LogP contribution is 2.50. The van der Waals surface area contributed by atoms with Gasteiger partial charge in [0.25, 0.3) is 0 Å². The van der Waals surface area contributed by atoms with Crippen molar-refractivity contribution < 1.29 is 19.1 Å². The Morgan fingerprint density at radius 3 is 2.53 bits per heavy atom. The van der Waals surface area contributed by atoms with Crippen LogP contribution in [0.5, 0.6) is 11.5 Å². The number of anilines is 2. The quantitative estimate of drug-likeness (QED) is 0.460. The van der Waals surface area contributed by atoms with Crippen LogP contribution in [0.25, 0.3) is 0 Å². The molecule has 0 radical (unpaired) electrons. The molecule has 1 N–H and O–H groups in total. The van der Waals surface area contributed by atoms with Gasteiger partial charge >= 0.3 is 0 Å². The number of ketones is 1. The smallest absolute Gasteiger partial charge is 0.231 e. The number of para-hydroxylation sites is 2. The fourth-order valence-electron chi connectivity index (χ4n) is 5.42. The number of hydrogen-bond donors (Lipinski definition) is 1. The number of methoxy groups -OCH3 is 2. The van der Waals surface area contributed by atoms with E-state index in [1.54, 1.807) is 25.6 Å². The molecule has 0 spiro atoms. The van der Waals surface area contributed by atoms with Crippen LogP contribution >= 0.6 is 11.3 Å². The number of thiophene rings is 1. The van der Waals surface area contributed by atoms with Gasteiger partial charge in [0.1, 0.15) is 6.04 Å². The van der Waals surface area contributed by atoms with E-state index in [1.165, 1.54) is 0 Å². The van der Waals surface area contributed by atoms with Crippen LogP contribution in [0.4, 0.5) is 11.4 Å². The summed E-state index contributed by atoms with van der Waals surface area (Å²) in [6.07, 6.45) is 2.85. The summed E-state index contributed by atoms with van der Waals surface area (Å²) in [6, 6.07) is 17.4. The second-order valence-corrected chi connectivity index (χ2v) is 10.6. The predicted molar refractivity (Wildman–Crippen MR) is 141 cm³/mol. The second-order valence-electron chi connectivity index (χ2n) is 9.58. The third-order valence-electron chi connectivity index (χ3n) is 7.34. The zero-order chi connectivity index (χ0) is 24.8. The molecule has 1 fully saturated rings. The lowest BCUT2D eigenvalue weighted by molar-refractivity contribution is -0.120. The van der Waals surface area contributed by atoms with Gasteiger partial charge in [-0.1, -0.05) is 24.3 Å². The molecular weight excluding hydrogens is 472 g/mol. The molecular formula is C29H28N2O4S. The largest absolute Gasteiger partial charge is 0.493 e. The summed E-state index contributed by atoms with van der Waals surface area (Å²) in [4.78, 5) is 30.6. The topological polar surface area (TPSA) is 67.9 Å². The Morgan fingerprint density at radius 1 is 1.00 bits per heavy atom. The Labute approximate surface area is 214 Å². The molecule has 7 heteroatoms. The van der Waals surface area contributed by atoms with E-state index in [1.807, 2.05) is 64.9 Å². The lowest BCUT2D eigenvalue weighted by Crippen LogP contribution is -2.39. The van der Waals surface area contributed by atoms with E-state index in [2.05, 4.69) is 5.32 Å². The molecule has 0 unspecified atom stereocenters. The highest BCUT2D eigenvalue weighted by atomic mass is 32.1. The third kappa shape index (κ3) is 3.88. The van der Waals surface area contributed by atoms with Gasteiger partial charge in [0.05, 0.1) is 25.6 Å². The van der Waals surface area contributed by atoms with Crippen molar-refractivity contribution in [2.24, 2.45) is 5.92 Å². The van der Waals surface area contributed by atoms with E-state index in [0.29, 0.717) is 29.9 Å². The van der Waals surface area contributed by atoms with Gasteiger partial charge in [-0.25, -0.2) is 0 Å². The molecule has 2 aromatic carbocycles. The molecule has 6 nitrogen and oxygen atoms in total. The Kier molecular flexibility index (Phi) is 5.80. The number of nitrogens with one attached hydrogen (secondary N) is 1. The minimum Gasteiger partial charge on any atom is -0.493 e. The lowest BCUT2D eigenvalue weighted by atomic mass is 9.79. The molecule has 1 aliphatic heterocycles. The number of amides is 1. The SMILES string of the molecule is COc1ccc([C@@H]2CC(=O)C3=C(C2)Nc2ccccc2N(C(=O)C2CC2)[C@@H]3c2cccs2)cc1OC. The average molecular weight is 501 g/mol. The van der Waals surface area contributed by atoms with Crippen LogP contribution in [0.1, 0.15) is 48.1 Å². The van der Waals surface area contributed by atoms with E-state index in [4.69, 9.17) is 9.47 Å². The molecule has 1 aromatic heterocycles. The van der Waals surface area contributed by atoms with Crippen LogP contribution in [0.3, 0.4) is 0 Å². The van der Waals surface area contributed by atoms with Gasteiger partial charge in [-0.3, -0.25) is 14.5 Å². The first-order valence-corrected chi connectivity index (χ1v) is 13.2. The number of fused-ring (bicyclic) bond motifs is 1. The minimum absolute atomic E-state index is 0.00890. The molecule has 2 heterocycles. The molecule has 2 atom stereocenters. The van der Waals surface area contributed by atoms with Crippen molar-refractivity contribution in [1.29, 1.82) is 0 Å². The van der Waals surface area contributed by atoms with Gasteiger partial charge in [-0.15, -0.1) is 11.3 Å².